The first-order chi connectivity index (χ1) is 8.08. The molecule has 0 aliphatic carbocycles. The minimum atomic E-state index is -0.234. The Bertz CT molecular complexity index is 243. The number of piperazine rings is 1. The Morgan fingerprint density at radius 1 is 1.35 bits per heavy atom. The molecule has 100 valence electrons. The zero-order valence-electron chi connectivity index (χ0n) is 11.1. The topological polar surface area (TPSA) is 43.8 Å². The second kappa shape index (κ2) is 7.24. The van der Waals surface area contributed by atoms with Crippen molar-refractivity contribution in [2.24, 2.45) is 0 Å². The maximum Gasteiger partial charge on any atom is 0.235 e. The van der Waals surface area contributed by atoms with Gasteiger partial charge < -0.3 is 10.0 Å². The molecule has 2 unspecified atom stereocenters. The van der Waals surface area contributed by atoms with E-state index in [1.165, 1.54) is 0 Å². The van der Waals surface area contributed by atoms with E-state index in [1.54, 1.807) is 11.8 Å². The van der Waals surface area contributed by atoms with Crippen LogP contribution in [0.5, 0.6) is 0 Å². The highest BCUT2D eigenvalue weighted by Crippen LogP contribution is 2.12. The van der Waals surface area contributed by atoms with E-state index in [0.717, 1.165) is 39.1 Å². The second-order valence-corrected chi connectivity index (χ2v) is 5.74. The maximum atomic E-state index is 12.0. The van der Waals surface area contributed by atoms with Crippen molar-refractivity contribution in [2.75, 3.05) is 39.0 Å². The van der Waals surface area contributed by atoms with Gasteiger partial charge in [0, 0.05) is 32.7 Å². The van der Waals surface area contributed by atoms with Crippen LogP contribution < -0.4 is 0 Å². The molecule has 0 radical (unpaired) electrons. The van der Waals surface area contributed by atoms with E-state index in [0.29, 0.717) is 0 Å². The molecule has 2 atom stereocenters. The molecule has 1 heterocycles. The summed E-state index contributed by atoms with van der Waals surface area (Å²) < 4.78 is 0. The van der Waals surface area contributed by atoms with Gasteiger partial charge in [-0.25, -0.2) is 0 Å². The fraction of sp³-hybridized carbons (Fsp3) is 0.917. The van der Waals surface area contributed by atoms with Gasteiger partial charge in [0.05, 0.1) is 11.4 Å². The third-order valence-corrected chi connectivity index (χ3v) is 4.23. The van der Waals surface area contributed by atoms with Gasteiger partial charge >= 0.3 is 0 Å². The lowest BCUT2D eigenvalue weighted by molar-refractivity contribution is -0.132. The Morgan fingerprint density at radius 3 is 2.41 bits per heavy atom. The van der Waals surface area contributed by atoms with Crippen LogP contribution >= 0.6 is 11.8 Å². The normalized spacial score (nSPS) is 21.3. The quantitative estimate of drug-likeness (QED) is 0.788. The smallest absolute Gasteiger partial charge is 0.235 e. The fourth-order valence-corrected chi connectivity index (χ4v) is 2.29. The Morgan fingerprint density at radius 2 is 1.94 bits per heavy atom. The number of carbonyl (C=O) groups is 1. The van der Waals surface area contributed by atoms with Crippen LogP contribution in [0, 0.1) is 0 Å². The number of β-amino-alcohol motifs (C(OH)–C–C–N with tert-alkyl or cyclic N) is 1. The summed E-state index contributed by atoms with van der Waals surface area (Å²) in [6.07, 6.45) is 2.53. The van der Waals surface area contributed by atoms with E-state index < -0.39 is 0 Å². The molecule has 1 fully saturated rings. The van der Waals surface area contributed by atoms with Gasteiger partial charge in [-0.2, -0.15) is 11.8 Å². The van der Waals surface area contributed by atoms with Gasteiger partial charge in [-0.15, -0.1) is 0 Å². The van der Waals surface area contributed by atoms with Crippen LogP contribution in [0.4, 0.5) is 0 Å². The van der Waals surface area contributed by atoms with Crippen molar-refractivity contribution in [3.05, 3.63) is 0 Å². The van der Waals surface area contributed by atoms with Crippen LogP contribution in [0.15, 0.2) is 0 Å². The van der Waals surface area contributed by atoms with Crippen LogP contribution in [0.25, 0.3) is 0 Å². The molecule has 0 aromatic carbocycles. The molecule has 0 aromatic heterocycles. The SMILES string of the molecule is CCC(O)CN1CCN(C(=O)C(C)SC)CC1. The zero-order valence-corrected chi connectivity index (χ0v) is 11.9. The standard InChI is InChI=1S/C12H24N2O2S/c1-4-11(15)9-13-5-7-14(8-6-13)12(16)10(2)17-3/h10-11,15H,4-9H2,1-3H3. The molecule has 0 saturated carbocycles. The average molecular weight is 260 g/mol. The van der Waals surface area contributed by atoms with E-state index >= 15 is 0 Å². The molecule has 1 saturated heterocycles. The van der Waals surface area contributed by atoms with E-state index in [2.05, 4.69) is 4.90 Å². The number of hydrogen-bond donors (Lipinski definition) is 1. The summed E-state index contributed by atoms with van der Waals surface area (Å²) in [6.45, 7) is 8.02. The molecular weight excluding hydrogens is 236 g/mol. The molecular formula is C12H24N2O2S. The van der Waals surface area contributed by atoms with Crippen molar-refractivity contribution in [3.63, 3.8) is 0 Å². The molecule has 0 spiro atoms. The molecule has 17 heavy (non-hydrogen) atoms. The number of carbonyl (C=O) groups excluding carboxylic acids is 1. The van der Waals surface area contributed by atoms with Crippen molar-refractivity contribution in [1.82, 2.24) is 9.80 Å². The summed E-state index contributed by atoms with van der Waals surface area (Å²) in [6, 6.07) is 0. The summed E-state index contributed by atoms with van der Waals surface area (Å²) in [5.74, 6) is 0.244. The van der Waals surface area contributed by atoms with Crippen molar-refractivity contribution >= 4 is 17.7 Å². The summed E-state index contributed by atoms with van der Waals surface area (Å²) in [5, 5.41) is 9.64. The number of rotatable bonds is 5. The van der Waals surface area contributed by atoms with Crippen LogP contribution in [-0.2, 0) is 4.79 Å². The second-order valence-electron chi connectivity index (χ2n) is 4.57. The lowest BCUT2D eigenvalue weighted by atomic mass is 10.2. The zero-order chi connectivity index (χ0) is 12.8. The van der Waals surface area contributed by atoms with E-state index in [-0.39, 0.29) is 17.3 Å². The lowest BCUT2D eigenvalue weighted by Gasteiger charge is -2.36. The van der Waals surface area contributed by atoms with Gasteiger partial charge in [-0.3, -0.25) is 9.69 Å². The predicted molar refractivity (Wildman–Crippen MR) is 72.3 cm³/mol. The number of nitrogens with zero attached hydrogens (tertiary/aromatic N) is 2. The molecule has 4 nitrogen and oxygen atoms in total. The number of hydrogen-bond acceptors (Lipinski definition) is 4. The molecule has 1 aliphatic rings. The van der Waals surface area contributed by atoms with Crippen LogP contribution in [0.2, 0.25) is 0 Å². The van der Waals surface area contributed by atoms with Crippen molar-refractivity contribution in [3.8, 4) is 0 Å². The highest BCUT2D eigenvalue weighted by Gasteiger charge is 2.24. The molecule has 0 bridgehead atoms. The van der Waals surface area contributed by atoms with Gasteiger partial charge in [0.25, 0.3) is 0 Å². The van der Waals surface area contributed by atoms with Crippen LogP contribution in [-0.4, -0.2) is 71.1 Å². The van der Waals surface area contributed by atoms with E-state index in [9.17, 15) is 9.90 Å². The fourth-order valence-electron chi connectivity index (χ4n) is 1.94. The highest BCUT2D eigenvalue weighted by atomic mass is 32.2. The summed E-state index contributed by atoms with van der Waals surface area (Å²) in [5.41, 5.74) is 0. The third-order valence-electron chi connectivity index (χ3n) is 3.33. The van der Waals surface area contributed by atoms with E-state index in [4.69, 9.17) is 0 Å². The Labute approximate surface area is 108 Å². The van der Waals surface area contributed by atoms with Crippen molar-refractivity contribution < 1.29 is 9.90 Å². The molecule has 1 rings (SSSR count). The Hall–Kier alpha value is -0.260. The number of amides is 1. The summed E-state index contributed by atoms with van der Waals surface area (Å²) in [7, 11) is 0. The molecule has 5 heteroatoms. The van der Waals surface area contributed by atoms with Crippen LogP contribution in [0.3, 0.4) is 0 Å². The van der Waals surface area contributed by atoms with Crippen LogP contribution in [0.1, 0.15) is 20.3 Å². The molecule has 0 aromatic rings. The molecule has 1 N–H and O–H groups in total. The summed E-state index contributed by atoms with van der Waals surface area (Å²) in [4.78, 5) is 16.1. The number of thioether (sulfide) groups is 1. The highest BCUT2D eigenvalue weighted by molar-refractivity contribution is 7.99. The third kappa shape index (κ3) is 4.48. The van der Waals surface area contributed by atoms with Gasteiger partial charge in [0.1, 0.15) is 0 Å². The summed E-state index contributed by atoms with van der Waals surface area (Å²) >= 11 is 1.60. The number of aliphatic hydroxyl groups is 1. The van der Waals surface area contributed by atoms with Gasteiger partial charge in [0.15, 0.2) is 0 Å². The maximum absolute atomic E-state index is 12.0. The van der Waals surface area contributed by atoms with Gasteiger partial charge in [0.2, 0.25) is 5.91 Å². The first-order valence-electron chi connectivity index (χ1n) is 6.30. The lowest BCUT2D eigenvalue weighted by Crippen LogP contribution is -2.51. The Kier molecular flexibility index (Phi) is 6.30. The molecule has 1 amide bonds. The Balaban J connectivity index is 2.33. The number of aliphatic hydroxyl groups excluding tert-OH is 1. The van der Waals surface area contributed by atoms with Gasteiger partial charge in [-0.05, 0) is 19.6 Å². The monoisotopic (exact) mass is 260 g/mol. The minimum Gasteiger partial charge on any atom is -0.392 e. The van der Waals surface area contributed by atoms with E-state index in [1.807, 2.05) is 25.0 Å². The molecule has 1 aliphatic heterocycles. The van der Waals surface area contributed by atoms with Crippen molar-refractivity contribution in [2.45, 2.75) is 31.6 Å². The average Bonchev–Trinajstić information content (AvgIpc) is 2.37. The first-order valence-corrected chi connectivity index (χ1v) is 7.59. The minimum absolute atomic E-state index is 0.0581. The van der Waals surface area contributed by atoms with Crippen molar-refractivity contribution in [1.29, 1.82) is 0 Å². The first kappa shape index (κ1) is 14.8. The van der Waals surface area contributed by atoms with Gasteiger partial charge in [-0.1, -0.05) is 6.92 Å². The predicted octanol–water partition coefficient (Wildman–Crippen LogP) is 0.653. The largest absolute Gasteiger partial charge is 0.392 e.